The number of rotatable bonds is 7. The van der Waals surface area contributed by atoms with Crippen molar-refractivity contribution in [2.24, 2.45) is 0 Å². The number of unbranched alkanes of at least 4 members (excludes halogenated alkanes) is 1. The molecule has 4 heteroatoms. The third-order valence-corrected chi connectivity index (χ3v) is 2.51. The maximum atomic E-state index is 11.4. The fourth-order valence-corrected chi connectivity index (χ4v) is 1.43. The van der Waals surface area contributed by atoms with E-state index in [1.165, 1.54) is 12.2 Å². The molecule has 1 N–H and O–H groups in total. The van der Waals surface area contributed by atoms with Gasteiger partial charge in [-0.05, 0) is 24.1 Å². The van der Waals surface area contributed by atoms with Crippen LogP contribution in [0.4, 0.5) is 0 Å². The number of esters is 1. The van der Waals surface area contributed by atoms with E-state index < -0.39 is 11.9 Å². The van der Waals surface area contributed by atoms with Gasteiger partial charge in [-0.15, -0.1) is 0 Å². The van der Waals surface area contributed by atoms with Crippen molar-refractivity contribution in [1.82, 2.24) is 0 Å². The van der Waals surface area contributed by atoms with Crippen LogP contribution in [0.2, 0.25) is 0 Å². The van der Waals surface area contributed by atoms with Crippen molar-refractivity contribution in [2.45, 2.75) is 19.8 Å². The summed E-state index contributed by atoms with van der Waals surface area (Å²) in [5.74, 6) is -1.62. The molecule has 0 aliphatic rings. The molecule has 1 rings (SSSR count). The number of hydrogen-bond donors (Lipinski definition) is 1. The second-order valence-electron chi connectivity index (χ2n) is 4.17. The van der Waals surface area contributed by atoms with Gasteiger partial charge in [0.2, 0.25) is 0 Å². The highest BCUT2D eigenvalue weighted by Gasteiger charge is 2.05. The Morgan fingerprint density at radius 1 is 1.20 bits per heavy atom. The number of carbonyl (C=O) groups excluding carboxylic acids is 1. The predicted octanol–water partition coefficient (Wildman–Crippen LogP) is 3.05. The molecule has 0 radical (unpaired) electrons. The summed E-state index contributed by atoms with van der Waals surface area (Å²) in [6, 6.07) is 9.05. The first-order chi connectivity index (χ1) is 9.63. The lowest BCUT2D eigenvalue weighted by Crippen LogP contribution is -2.03. The van der Waals surface area contributed by atoms with Gasteiger partial charge >= 0.3 is 11.9 Å². The van der Waals surface area contributed by atoms with Crippen LogP contribution < -0.4 is 0 Å². The normalized spacial score (nSPS) is 11.6. The Hall–Kier alpha value is -2.36. The number of carboxylic acids is 1. The Morgan fingerprint density at radius 2 is 1.90 bits per heavy atom. The summed E-state index contributed by atoms with van der Waals surface area (Å²) in [7, 11) is 0. The highest BCUT2D eigenvalue weighted by molar-refractivity contribution is 5.97. The van der Waals surface area contributed by atoms with Crippen LogP contribution in [0.5, 0.6) is 0 Å². The minimum Gasteiger partial charge on any atom is -0.478 e. The minimum atomic E-state index is -1.09. The van der Waals surface area contributed by atoms with E-state index in [1.807, 2.05) is 25.1 Å². The standard InChI is InChI=1S/C16H18O4/c1-2-3-11-20-15(17)10-9-14(16(18)19)12-13-7-5-4-6-8-13/h4-10,12H,2-3,11H2,1H3,(H,18,19). The summed E-state index contributed by atoms with van der Waals surface area (Å²) in [4.78, 5) is 22.5. The van der Waals surface area contributed by atoms with Gasteiger partial charge in [-0.2, -0.15) is 0 Å². The lowest BCUT2D eigenvalue weighted by Gasteiger charge is -2.00. The third-order valence-electron chi connectivity index (χ3n) is 2.51. The molecule has 1 aromatic rings. The summed E-state index contributed by atoms with van der Waals surface area (Å²) < 4.78 is 4.92. The van der Waals surface area contributed by atoms with Gasteiger partial charge in [0.15, 0.2) is 0 Å². The predicted molar refractivity (Wildman–Crippen MR) is 77.1 cm³/mol. The van der Waals surface area contributed by atoms with E-state index in [2.05, 4.69) is 0 Å². The summed E-state index contributed by atoms with van der Waals surface area (Å²) >= 11 is 0. The molecule has 0 aliphatic carbocycles. The van der Waals surface area contributed by atoms with Crippen molar-refractivity contribution in [3.8, 4) is 0 Å². The number of benzene rings is 1. The Balaban J connectivity index is 2.71. The van der Waals surface area contributed by atoms with Crippen molar-refractivity contribution in [1.29, 1.82) is 0 Å². The van der Waals surface area contributed by atoms with Crippen LogP contribution in [0, 0.1) is 0 Å². The van der Waals surface area contributed by atoms with E-state index in [4.69, 9.17) is 9.84 Å². The van der Waals surface area contributed by atoms with Crippen molar-refractivity contribution in [3.63, 3.8) is 0 Å². The van der Waals surface area contributed by atoms with Gasteiger partial charge in [0.05, 0.1) is 12.2 Å². The second-order valence-corrected chi connectivity index (χ2v) is 4.17. The van der Waals surface area contributed by atoms with Crippen molar-refractivity contribution in [3.05, 3.63) is 53.6 Å². The van der Waals surface area contributed by atoms with E-state index in [9.17, 15) is 9.59 Å². The molecule has 1 aromatic carbocycles. The Bertz CT molecular complexity index is 500. The minimum absolute atomic E-state index is 0.0311. The van der Waals surface area contributed by atoms with Crippen LogP contribution in [0.25, 0.3) is 6.08 Å². The van der Waals surface area contributed by atoms with Gasteiger partial charge in [0.25, 0.3) is 0 Å². The maximum absolute atomic E-state index is 11.4. The number of carbonyl (C=O) groups is 2. The Morgan fingerprint density at radius 3 is 2.50 bits per heavy atom. The van der Waals surface area contributed by atoms with E-state index in [0.29, 0.717) is 6.61 Å². The van der Waals surface area contributed by atoms with Crippen molar-refractivity contribution in [2.75, 3.05) is 6.61 Å². The number of hydrogen-bond acceptors (Lipinski definition) is 3. The van der Waals surface area contributed by atoms with E-state index >= 15 is 0 Å². The molecule has 0 heterocycles. The molecule has 106 valence electrons. The van der Waals surface area contributed by atoms with Gasteiger partial charge in [-0.3, -0.25) is 0 Å². The molecule has 0 atom stereocenters. The fourth-order valence-electron chi connectivity index (χ4n) is 1.43. The monoisotopic (exact) mass is 274 g/mol. The van der Waals surface area contributed by atoms with E-state index in [-0.39, 0.29) is 5.57 Å². The SMILES string of the molecule is CCCCOC(=O)C=CC(=Cc1ccccc1)C(=O)O. The molecule has 0 saturated carbocycles. The van der Waals surface area contributed by atoms with E-state index in [1.54, 1.807) is 12.1 Å². The zero-order chi connectivity index (χ0) is 14.8. The summed E-state index contributed by atoms with van der Waals surface area (Å²) in [6.07, 6.45) is 5.62. The summed E-state index contributed by atoms with van der Waals surface area (Å²) in [6.45, 7) is 2.35. The molecule has 0 fully saturated rings. The van der Waals surface area contributed by atoms with Gasteiger partial charge < -0.3 is 9.84 Å². The quantitative estimate of drug-likeness (QED) is 0.359. The first kappa shape index (κ1) is 15.7. The van der Waals surface area contributed by atoms with Crippen LogP contribution in [-0.4, -0.2) is 23.7 Å². The van der Waals surface area contributed by atoms with Gasteiger partial charge in [0, 0.05) is 6.08 Å². The summed E-state index contributed by atoms with van der Waals surface area (Å²) in [5, 5.41) is 9.09. The lowest BCUT2D eigenvalue weighted by molar-refractivity contribution is -0.137. The molecule has 0 saturated heterocycles. The van der Waals surface area contributed by atoms with Gasteiger partial charge in [-0.1, -0.05) is 43.7 Å². The highest BCUT2D eigenvalue weighted by Crippen LogP contribution is 2.08. The number of aliphatic carboxylic acids is 1. The largest absolute Gasteiger partial charge is 0.478 e. The van der Waals surface area contributed by atoms with E-state index in [0.717, 1.165) is 24.5 Å². The smallest absolute Gasteiger partial charge is 0.335 e. The van der Waals surface area contributed by atoms with Crippen LogP contribution in [0.3, 0.4) is 0 Å². The molecule has 0 spiro atoms. The molecule has 0 unspecified atom stereocenters. The molecule has 0 aliphatic heterocycles. The second kappa shape index (κ2) is 8.69. The zero-order valence-corrected chi connectivity index (χ0v) is 11.4. The fraction of sp³-hybridized carbons (Fsp3) is 0.250. The summed E-state index contributed by atoms with van der Waals surface area (Å²) in [5.41, 5.74) is 0.789. The molecular weight excluding hydrogens is 256 g/mol. The molecule has 0 amide bonds. The van der Waals surface area contributed by atoms with Crippen LogP contribution >= 0.6 is 0 Å². The average molecular weight is 274 g/mol. The molecule has 20 heavy (non-hydrogen) atoms. The highest BCUT2D eigenvalue weighted by atomic mass is 16.5. The van der Waals surface area contributed by atoms with Gasteiger partial charge in [-0.25, -0.2) is 9.59 Å². The number of ether oxygens (including phenoxy) is 1. The maximum Gasteiger partial charge on any atom is 0.335 e. The first-order valence-electron chi connectivity index (χ1n) is 6.48. The van der Waals surface area contributed by atoms with Crippen LogP contribution in [-0.2, 0) is 14.3 Å². The Kier molecular flexibility index (Phi) is 6.82. The average Bonchev–Trinajstić information content (AvgIpc) is 2.44. The third kappa shape index (κ3) is 6.00. The molecular formula is C16H18O4. The van der Waals surface area contributed by atoms with Crippen LogP contribution in [0.15, 0.2) is 48.1 Å². The van der Waals surface area contributed by atoms with Crippen LogP contribution in [0.1, 0.15) is 25.3 Å². The molecule has 0 aromatic heterocycles. The molecule has 0 bridgehead atoms. The Labute approximate surface area is 118 Å². The van der Waals surface area contributed by atoms with Crippen molar-refractivity contribution >= 4 is 18.0 Å². The van der Waals surface area contributed by atoms with Crippen molar-refractivity contribution < 1.29 is 19.4 Å². The topological polar surface area (TPSA) is 63.6 Å². The lowest BCUT2D eigenvalue weighted by atomic mass is 10.1. The van der Waals surface area contributed by atoms with Gasteiger partial charge in [0.1, 0.15) is 0 Å². The number of carboxylic acid groups (broad SMARTS) is 1. The molecule has 4 nitrogen and oxygen atoms in total. The zero-order valence-electron chi connectivity index (χ0n) is 11.4. The first-order valence-corrected chi connectivity index (χ1v) is 6.48.